The van der Waals surface area contributed by atoms with Crippen molar-refractivity contribution in [2.75, 3.05) is 13.1 Å². The first-order chi connectivity index (χ1) is 12.1. The predicted octanol–water partition coefficient (Wildman–Crippen LogP) is 2.39. The van der Waals surface area contributed by atoms with Gasteiger partial charge in [-0.2, -0.15) is 0 Å². The second-order valence-corrected chi connectivity index (χ2v) is 8.66. The van der Waals surface area contributed by atoms with Crippen LogP contribution in [0.3, 0.4) is 0 Å². The lowest BCUT2D eigenvalue weighted by atomic mass is 10.0. The summed E-state index contributed by atoms with van der Waals surface area (Å²) in [6, 6.07) is 0. The van der Waals surface area contributed by atoms with E-state index in [0.717, 1.165) is 4.90 Å². The second kappa shape index (κ2) is 10.3. The highest BCUT2D eigenvalue weighted by Gasteiger charge is 2.25. The molecule has 0 aliphatic rings. The zero-order valence-electron chi connectivity index (χ0n) is 17.5. The molecule has 1 atom stereocenters. The molecule has 0 aliphatic heterocycles. The third kappa shape index (κ3) is 13.7. The number of amides is 1. The van der Waals surface area contributed by atoms with E-state index in [1.54, 1.807) is 48.5 Å². The summed E-state index contributed by atoms with van der Waals surface area (Å²) in [4.78, 5) is 48.1. The van der Waals surface area contributed by atoms with E-state index in [2.05, 4.69) is 0 Å². The van der Waals surface area contributed by atoms with Crippen LogP contribution in [0.2, 0.25) is 0 Å². The fourth-order valence-corrected chi connectivity index (χ4v) is 2.25. The number of hydrogen-bond donors (Lipinski definition) is 1. The summed E-state index contributed by atoms with van der Waals surface area (Å²) in [5.74, 6) is -2.98. The number of esters is 2. The van der Waals surface area contributed by atoms with E-state index >= 15 is 0 Å². The monoisotopic (exact) mass is 387 g/mol. The van der Waals surface area contributed by atoms with Crippen molar-refractivity contribution in [2.45, 2.75) is 78.9 Å². The maximum Gasteiger partial charge on any atom is 0.323 e. The molecule has 8 nitrogen and oxygen atoms in total. The Morgan fingerprint density at radius 3 is 1.85 bits per heavy atom. The molecular weight excluding hydrogens is 354 g/mol. The van der Waals surface area contributed by atoms with Crippen LogP contribution in [-0.2, 0) is 28.7 Å². The van der Waals surface area contributed by atoms with E-state index < -0.39 is 42.0 Å². The van der Waals surface area contributed by atoms with E-state index in [0.29, 0.717) is 6.42 Å². The van der Waals surface area contributed by atoms with Gasteiger partial charge < -0.3 is 19.5 Å². The number of carboxylic acids is 1. The number of ether oxygens (including phenoxy) is 2. The summed E-state index contributed by atoms with van der Waals surface area (Å²) in [5, 5.41) is 9.03. The van der Waals surface area contributed by atoms with Gasteiger partial charge in [-0.05, 0) is 53.9 Å². The van der Waals surface area contributed by atoms with Crippen LogP contribution >= 0.6 is 0 Å². The van der Waals surface area contributed by atoms with Crippen molar-refractivity contribution in [3.63, 3.8) is 0 Å². The van der Waals surface area contributed by atoms with Gasteiger partial charge in [0.25, 0.3) is 0 Å². The Bertz CT molecular complexity index is 543. The molecule has 156 valence electrons. The van der Waals surface area contributed by atoms with E-state index in [4.69, 9.17) is 14.6 Å². The van der Waals surface area contributed by atoms with Crippen LogP contribution in [0.15, 0.2) is 0 Å². The topological polar surface area (TPSA) is 110 Å². The third-order valence-corrected chi connectivity index (χ3v) is 3.19. The Labute approximate surface area is 161 Å². The van der Waals surface area contributed by atoms with Crippen molar-refractivity contribution in [1.82, 2.24) is 4.90 Å². The van der Waals surface area contributed by atoms with Gasteiger partial charge in [0.05, 0.1) is 0 Å². The highest BCUT2D eigenvalue weighted by molar-refractivity contribution is 5.95. The lowest BCUT2D eigenvalue weighted by molar-refractivity contribution is -0.159. The minimum absolute atomic E-state index is 0.122. The van der Waals surface area contributed by atoms with Crippen LogP contribution in [0.5, 0.6) is 0 Å². The Balaban J connectivity index is 4.71. The van der Waals surface area contributed by atoms with Crippen LogP contribution < -0.4 is 0 Å². The molecule has 1 N–H and O–H groups in total. The second-order valence-electron chi connectivity index (χ2n) is 8.66. The minimum atomic E-state index is -1.17. The average Bonchev–Trinajstić information content (AvgIpc) is 2.39. The van der Waals surface area contributed by atoms with Crippen LogP contribution in [-0.4, -0.2) is 58.1 Å². The normalized spacial score (nSPS) is 12.9. The van der Waals surface area contributed by atoms with E-state index in [1.807, 2.05) is 0 Å². The van der Waals surface area contributed by atoms with Gasteiger partial charge in [0.15, 0.2) is 0 Å². The van der Waals surface area contributed by atoms with Crippen molar-refractivity contribution in [3.8, 4) is 0 Å². The SMILES string of the molecule is C[C@@H](CCC(=O)OC(C)(C)C)CN(CC(=O)O)C(=O)CC(=O)OC(C)(C)C. The van der Waals surface area contributed by atoms with Crippen LogP contribution in [0.1, 0.15) is 67.7 Å². The van der Waals surface area contributed by atoms with Crippen molar-refractivity contribution < 1.29 is 33.8 Å². The van der Waals surface area contributed by atoms with Gasteiger partial charge in [0.1, 0.15) is 24.2 Å². The zero-order valence-corrected chi connectivity index (χ0v) is 17.5. The Hall–Kier alpha value is -2.12. The van der Waals surface area contributed by atoms with E-state index in [9.17, 15) is 19.2 Å². The standard InChI is InChI=1S/C19H33NO7/c1-13(8-9-16(24)26-18(2,3)4)11-20(12-15(22)23)14(21)10-17(25)27-19(5,6)7/h13H,8-12H2,1-7H3,(H,22,23)/t13-/m0/s1. The molecule has 0 rings (SSSR count). The van der Waals surface area contributed by atoms with Gasteiger partial charge in [-0.1, -0.05) is 6.92 Å². The first-order valence-corrected chi connectivity index (χ1v) is 9.02. The summed E-state index contributed by atoms with van der Waals surface area (Å²) < 4.78 is 10.3. The molecule has 8 heteroatoms. The molecule has 0 heterocycles. The van der Waals surface area contributed by atoms with Crippen molar-refractivity contribution in [2.24, 2.45) is 5.92 Å². The van der Waals surface area contributed by atoms with Gasteiger partial charge in [-0.25, -0.2) is 0 Å². The van der Waals surface area contributed by atoms with Gasteiger partial charge in [-0.15, -0.1) is 0 Å². The summed E-state index contributed by atoms with van der Waals surface area (Å²) in [5.41, 5.74) is -1.30. The lowest BCUT2D eigenvalue weighted by Crippen LogP contribution is -2.40. The van der Waals surface area contributed by atoms with Crippen molar-refractivity contribution in [1.29, 1.82) is 0 Å². The van der Waals surface area contributed by atoms with Gasteiger partial charge in [0, 0.05) is 13.0 Å². The average molecular weight is 387 g/mol. The van der Waals surface area contributed by atoms with E-state index in [1.165, 1.54) is 0 Å². The molecule has 0 saturated heterocycles. The number of aliphatic carboxylic acids is 1. The number of hydrogen-bond acceptors (Lipinski definition) is 6. The molecule has 0 fully saturated rings. The smallest absolute Gasteiger partial charge is 0.323 e. The molecule has 0 bridgehead atoms. The van der Waals surface area contributed by atoms with Gasteiger partial charge >= 0.3 is 17.9 Å². The molecule has 0 aliphatic carbocycles. The molecule has 0 spiro atoms. The van der Waals surface area contributed by atoms with Crippen molar-refractivity contribution >= 4 is 23.8 Å². The first kappa shape index (κ1) is 24.9. The first-order valence-electron chi connectivity index (χ1n) is 9.02. The van der Waals surface area contributed by atoms with Crippen LogP contribution in [0.4, 0.5) is 0 Å². The molecule has 0 aromatic heterocycles. The van der Waals surface area contributed by atoms with Crippen molar-refractivity contribution in [3.05, 3.63) is 0 Å². The fourth-order valence-electron chi connectivity index (χ4n) is 2.25. The Morgan fingerprint density at radius 2 is 1.41 bits per heavy atom. The Kier molecular flexibility index (Phi) is 9.47. The highest BCUT2D eigenvalue weighted by atomic mass is 16.6. The molecule has 0 saturated carbocycles. The summed E-state index contributed by atoms with van der Waals surface area (Å²) in [7, 11) is 0. The predicted molar refractivity (Wildman–Crippen MR) is 98.9 cm³/mol. The fraction of sp³-hybridized carbons (Fsp3) is 0.789. The number of carbonyl (C=O) groups is 4. The number of nitrogens with zero attached hydrogens (tertiary/aromatic N) is 1. The third-order valence-electron chi connectivity index (χ3n) is 3.19. The number of carboxylic acid groups (broad SMARTS) is 1. The quantitative estimate of drug-likeness (QED) is 0.478. The number of carbonyl (C=O) groups excluding carboxylic acids is 3. The minimum Gasteiger partial charge on any atom is -0.480 e. The summed E-state index contributed by atoms with van der Waals surface area (Å²) in [6.45, 7) is 11.8. The van der Waals surface area contributed by atoms with Crippen LogP contribution in [0.25, 0.3) is 0 Å². The van der Waals surface area contributed by atoms with Crippen LogP contribution in [0, 0.1) is 5.92 Å². The maximum absolute atomic E-state index is 12.3. The zero-order chi connectivity index (χ0) is 21.4. The summed E-state index contributed by atoms with van der Waals surface area (Å²) >= 11 is 0. The molecule has 0 aromatic carbocycles. The highest BCUT2D eigenvalue weighted by Crippen LogP contribution is 2.14. The van der Waals surface area contributed by atoms with Gasteiger partial charge in [0.2, 0.25) is 5.91 Å². The number of rotatable bonds is 9. The Morgan fingerprint density at radius 1 is 0.926 bits per heavy atom. The maximum atomic E-state index is 12.3. The summed E-state index contributed by atoms with van der Waals surface area (Å²) in [6.07, 6.45) is 0.0771. The molecule has 0 aromatic rings. The lowest BCUT2D eigenvalue weighted by Gasteiger charge is -2.25. The molecular formula is C19H33NO7. The molecule has 0 radical (unpaired) electrons. The van der Waals surface area contributed by atoms with Gasteiger partial charge in [-0.3, -0.25) is 19.2 Å². The molecule has 0 unspecified atom stereocenters. The molecule has 27 heavy (non-hydrogen) atoms. The molecule has 1 amide bonds. The van der Waals surface area contributed by atoms with E-state index in [-0.39, 0.29) is 24.9 Å². The largest absolute Gasteiger partial charge is 0.480 e.